The van der Waals surface area contributed by atoms with Crippen LogP contribution < -0.4 is 9.64 Å². The molecule has 2 amide bonds. The lowest BCUT2D eigenvalue weighted by molar-refractivity contribution is -0.274. The molecule has 0 aliphatic carbocycles. The molecule has 0 bridgehead atoms. The summed E-state index contributed by atoms with van der Waals surface area (Å²) in [5, 5.41) is 4.82. The molecule has 1 aliphatic rings. The SMILES string of the molecule is Cc1nn(-c2ccc(OC(F)(F)F)cc2)c2ncc3c(c12)C(=O)N(c1ccccc1)C3=O. The highest BCUT2D eigenvalue weighted by Crippen LogP contribution is 2.34. The maximum Gasteiger partial charge on any atom is 0.573 e. The van der Waals surface area contributed by atoms with Crippen LogP contribution in [0, 0.1) is 6.92 Å². The minimum atomic E-state index is -4.80. The van der Waals surface area contributed by atoms with Crippen LogP contribution >= 0.6 is 0 Å². The molecule has 10 heteroatoms. The van der Waals surface area contributed by atoms with E-state index in [1.807, 2.05) is 0 Å². The van der Waals surface area contributed by atoms with Gasteiger partial charge in [-0.25, -0.2) is 14.6 Å². The van der Waals surface area contributed by atoms with Gasteiger partial charge in [-0.1, -0.05) is 18.2 Å². The number of aromatic nitrogens is 3. The monoisotopic (exact) mass is 438 g/mol. The summed E-state index contributed by atoms with van der Waals surface area (Å²) < 4.78 is 42.5. The Morgan fingerprint density at radius 3 is 2.25 bits per heavy atom. The molecule has 2 aromatic heterocycles. The Balaban J connectivity index is 1.60. The molecule has 0 N–H and O–H groups in total. The molecular weight excluding hydrogens is 425 g/mol. The van der Waals surface area contributed by atoms with Crippen molar-refractivity contribution < 1.29 is 27.5 Å². The summed E-state index contributed by atoms with van der Waals surface area (Å²) in [5.41, 5.74) is 1.99. The van der Waals surface area contributed by atoms with E-state index in [0.717, 1.165) is 17.0 Å². The Hall–Kier alpha value is -4.21. The Bertz CT molecular complexity index is 1380. The maximum atomic E-state index is 13.2. The van der Waals surface area contributed by atoms with Gasteiger partial charge < -0.3 is 4.74 Å². The summed E-state index contributed by atoms with van der Waals surface area (Å²) in [6.45, 7) is 1.67. The summed E-state index contributed by atoms with van der Waals surface area (Å²) in [6.07, 6.45) is -3.48. The summed E-state index contributed by atoms with van der Waals surface area (Å²) in [4.78, 5) is 31.6. The minimum Gasteiger partial charge on any atom is -0.406 e. The highest BCUT2D eigenvalue weighted by Gasteiger charge is 2.40. The van der Waals surface area contributed by atoms with E-state index in [4.69, 9.17) is 0 Å². The normalized spacial score (nSPS) is 13.7. The summed E-state index contributed by atoms with van der Waals surface area (Å²) in [6, 6.07) is 13.6. The van der Waals surface area contributed by atoms with E-state index in [1.165, 1.54) is 23.0 Å². The number of pyridine rings is 1. The number of halogens is 3. The molecule has 7 nitrogen and oxygen atoms in total. The van der Waals surface area contributed by atoms with Crippen LogP contribution in [0.25, 0.3) is 16.7 Å². The topological polar surface area (TPSA) is 77.3 Å². The van der Waals surface area contributed by atoms with E-state index >= 15 is 0 Å². The van der Waals surface area contributed by atoms with Crippen molar-refractivity contribution >= 4 is 28.5 Å². The van der Waals surface area contributed by atoms with Crippen molar-refractivity contribution in [1.29, 1.82) is 0 Å². The first kappa shape index (κ1) is 19.7. The van der Waals surface area contributed by atoms with E-state index in [0.29, 0.717) is 28.1 Å². The minimum absolute atomic E-state index is 0.169. The number of hydrogen-bond acceptors (Lipinski definition) is 5. The molecule has 1 aliphatic heterocycles. The molecule has 4 aromatic rings. The molecule has 0 radical (unpaired) electrons. The van der Waals surface area contributed by atoms with E-state index in [1.54, 1.807) is 37.3 Å². The molecule has 0 fully saturated rings. The second-order valence-electron chi connectivity index (χ2n) is 7.07. The summed E-state index contributed by atoms with van der Waals surface area (Å²) >= 11 is 0. The van der Waals surface area contributed by atoms with Crippen LogP contribution in [0.4, 0.5) is 18.9 Å². The molecular formula is C22H13F3N4O3. The Morgan fingerprint density at radius 2 is 1.59 bits per heavy atom. The standard InChI is InChI=1S/C22H13F3N4O3/c1-12-17-18-16(20(30)28(21(18)31)13-5-3-2-4-6-13)11-26-19(17)29(27-12)14-7-9-15(10-8-14)32-22(23,24)25/h2-11H,1H3. The first-order chi connectivity index (χ1) is 15.2. The zero-order chi connectivity index (χ0) is 22.6. The molecule has 0 atom stereocenters. The number of anilines is 1. The number of ether oxygens (including phenoxy) is 1. The third kappa shape index (κ3) is 3.08. The number of alkyl halides is 3. The van der Waals surface area contributed by atoms with Crippen LogP contribution in [0.2, 0.25) is 0 Å². The van der Waals surface area contributed by atoms with Crippen LogP contribution in [0.1, 0.15) is 26.4 Å². The smallest absolute Gasteiger partial charge is 0.406 e. The number of carbonyl (C=O) groups excluding carboxylic acids is 2. The quantitative estimate of drug-likeness (QED) is 0.443. The van der Waals surface area contributed by atoms with Crippen molar-refractivity contribution in [2.24, 2.45) is 0 Å². The van der Waals surface area contributed by atoms with Crippen molar-refractivity contribution in [3.63, 3.8) is 0 Å². The first-order valence-electron chi connectivity index (χ1n) is 9.43. The highest BCUT2D eigenvalue weighted by molar-refractivity contribution is 6.37. The van der Waals surface area contributed by atoms with Gasteiger partial charge >= 0.3 is 6.36 Å². The number of benzene rings is 2. The third-order valence-corrected chi connectivity index (χ3v) is 5.05. The van der Waals surface area contributed by atoms with Gasteiger partial charge in [-0.2, -0.15) is 5.10 Å². The number of fused-ring (bicyclic) bond motifs is 3. The van der Waals surface area contributed by atoms with E-state index in [2.05, 4.69) is 14.8 Å². The van der Waals surface area contributed by atoms with Crippen LogP contribution in [0.3, 0.4) is 0 Å². The molecule has 5 rings (SSSR count). The average molecular weight is 438 g/mol. The highest BCUT2D eigenvalue weighted by atomic mass is 19.4. The van der Waals surface area contributed by atoms with Gasteiger partial charge in [0.2, 0.25) is 0 Å². The fraction of sp³-hybridized carbons (Fsp3) is 0.0909. The van der Waals surface area contributed by atoms with Gasteiger partial charge in [-0.15, -0.1) is 13.2 Å². The Labute approximate surface area is 178 Å². The number of hydrogen-bond donors (Lipinski definition) is 0. The molecule has 0 saturated carbocycles. The average Bonchev–Trinajstić information content (AvgIpc) is 3.22. The second-order valence-corrected chi connectivity index (χ2v) is 7.07. The van der Waals surface area contributed by atoms with Gasteiger partial charge in [0.05, 0.1) is 33.6 Å². The van der Waals surface area contributed by atoms with Crippen molar-refractivity contribution in [3.05, 3.63) is 77.6 Å². The van der Waals surface area contributed by atoms with Crippen molar-refractivity contribution in [2.75, 3.05) is 4.90 Å². The Morgan fingerprint density at radius 1 is 0.906 bits per heavy atom. The number of aryl methyl sites for hydroxylation is 1. The molecule has 0 spiro atoms. The van der Waals surface area contributed by atoms with Crippen LogP contribution in [0.15, 0.2) is 60.8 Å². The molecule has 160 valence electrons. The number of carbonyl (C=O) groups is 2. The lowest BCUT2D eigenvalue weighted by Crippen LogP contribution is -2.29. The van der Waals surface area contributed by atoms with Crippen molar-refractivity contribution in [2.45, 2.75) is 13.3 Å². The van der Waals surface area contributed by atoms with Gasteiger partial charge in [-0.05, 0) is 43.3 Å². The van der Waals surface area contributed by atoms with Crippen molar-refractivity contribution in [3.8, 4) is 11.4 Å². The lowest BCUT2D eigenvalue weighted by Gasteiger charge is -2.13. The lowest BCUT2D eigenvalue weighted by atomic mass is 10.1. The molecule has 3 heterocycles. The van der Waals surface area contributed by atoms with E-state index in [9.17, 15) is 22.8 Å². The van der Waals surface area contributed by atoms with Gasteiger partial charge in [0.15, 0.2) is 5.65 Å². The molecule has 0 unspecified atom stereocenters. The predicted molar refractivity (Wildman–Crippen MR) is 108 cm³/mol. The summed E-state index contributed by atoms with van der Waals surface area (Å²) in [7, 11) is 0. The summed E-state index contributed by atoms with van der Waals surface area (Å²) in [5.74, 6) is -1.34. The van der Waals surface area contributed by atoms with E-state index in [-0.39, 0.29) is 16.9 Å². The zero-order valence-corrected chi connectivity index (χ0v) is 16.4. The van der Waals surface area contributed by atoms with Crippen molar-refractivity contribution in [1.82, 2.24) is 14.8 Å². The fourth-order valence-electron chi connectivity index (χ4n) is 3.74. The number of amides is 2. The molecule has 32 heavy (non-hydrogen) atoms. The molecule has 2 aromatic carbocycles. The van der Waals surface area contributed by atoms with Crippen LogP contribution in [-0.4, -0.2) is 32.9 Å². The molecule has 0 saturated heterocycles. The zero-order valence-electron chi connectivity index (χ0n) is 16.4. The van der Waals surface area contributed by atoms with Gasteiger partial charge in [0.25, 0.3) is 11.8 Å². The Kier molecular flexibility index (Phi) is 4.26. The van der Waals surface area contributed by atoms with E-state index < -0.39 is 18.2 Å². The largest absolute Gasteiger partial charge is 0.573 e. The third-order valence-electron chi connectivity index (χ3n) is 5.05. The first-order valence-corrected chi connectivity index (χ1v) is 9.43. The van der Waals surface area contributed by atoms with Gasteiger partial charge in [-0.3, -0.25) is 9.59 Å². The maximum absolute atomic E-state index is 13.2. The van der Waals surface area contributed by atoms with Crippen LogP contribution in [-0.2, 0) is 0 Å². The van der Waals surface area contributed by atoms with Crippen LogP contribution in [0.5, 0.6) is 5.75 Å². The second kappa shape index (κ2) is 6.91. The predicted octanol–water partition coefficient (Wildman–Crippen LogP) is 4.43. The fourth-order valence-corrected chi connectivity index (χ4v) is 3.74. The number of imide groups is 1. The van der Waals surface area contributed by atoms with Gasteiger partial charge in [0.1, 0.15) is 5.75 Å². The van der Waals surface area contributed by atoms with Gasteiger partial charge in [0, 0.05) is 6.20 Å². The number of rotatable bonds is 3. The number of para-hydroxylation sites is 1. The number of nitrogens with zero attached hydrogens (tertiary/aromatic N) is 4.